The Balaban J connectivity index is 1.55. The van der Waals surface area contributed by atoms with Gasteiger partial charge in [-0.05, 0) is 72.0 Å². The van der Waals surface area contributed by atoms with Crippen LogP contribution >= 0.6 is 15.9 Å². The number of hydrogen-bond donors (Lipinski definition) is 2. The maximum Gasteiger partial charge on any atom is 0.261 e. The van der Waals surface area contributed by atoms with Crippen molar-refractivity contribution in [3.8, 4) is 0 Å². The number of rotatable bonds is 8. The number of sulfonamides is 1. The van der Waals surface area contributed by atoms with Crippen LogP contribution in [0, 0.1) is 0 Å². The second-order valence-electron chi connectivity index (χ2n) is 7.58. The van der Waals surface area contributed by atoms with Crippen LogP contribution in [-0.4, -0.2) is 14.3 Å². The minimum Gasteiger partial charge on any atom is -0.326 e. The summed E-state index contributed by atoms with van der Waals surface area (Å²) in [5.41, 5.74) is 3.42. The summed E-state index contributed by atoms with van der Waals surface area (Å²) in [5.74, 6) is 0.366. The first kappa shape index (κ1) is 23.0. The Hall–Kier alpha value is -2.64. The average Bonchev–Trinajstić information content (AvgIpc) is 2.74. The highest BCUT2D eigenvalue weighted by Crippen LogP contribution is 2.20. The van der Waals surface area contributed by atoms with Crippen molar-refractivity contribution < 1.29 is 13.2 Å². The molecule has 0 fully saturated rings. The molecule has 0 aliphatic rings. The van der Waals surface area contributed by atoms with Crippen LogP contribution in [0.4, 0.5) is 11.4 Å². The summed E-state index contributed by atoms with van der Waals surface area (Å²) in [6.07, 6.45) is 1.000. The third kappa shape index (κ3) is 6.67. The van der Waals surface area contributed by atoms with Gasteiger partial charge in [-0.25, -0.2) is 8.42 Å². The van der Waals surface area contributed by atoms with E-state index in [2.05, 4.69) is 64.1 Å². The number of amides is 1. The Labute approximate surface area is 192 Å². The third-order valence-corrected chi connectivity index (χ3v) is 6.76. The standard InChI is InChI=1S/C24H25BrN2O3S/c1-17(2)19-6-3-18(4-7-19)5-16-24(28)26-21-12-14-23(15-13-21)31(29,30)27-22-10-8-20(25)9-11-22/h3-4,6-15,17,27H,5,16H2,1-2H3,(H,26,28). The predicted octanol–water partition coefficient (Wildman–Crippen LogP) is 5.94. The summed E-state index contributed by atoms with van der Waals surface area (Å²) in [7, 11) is -3.71. The molecule has 0 spiro atoms. The minimum absolute atomic E-state index is 0.114. The van der Waals surface area contributed by atoms with Crippen LogP contribution in [0.2, 0.25) is 0 Å². The van der Waals surface area contributed by atoms with Gasteiger partial charge in [0, 0.05) is 22.3 Å². The normalized spacial score (nSPS) is 11.4. The lowest BCUT2D eigenvalue weighted by Gasteiger charge is -2.10. The highest BCUT2D eigenvalue weighted by Gasteiger charge is 2.14. The fourth-order valence-electron chi connectivity index (χ4n) is 3.00. The smallest absolute Gasteiger partial charge is 0.261 e. The number of halogens is 1. The fraction of sp³-hybridized carbons (Fsp3) is 0.208. The van der Waals surface area contributed by atoms with Gasteiger partial charge in [0.15, 0.2) is 0 Å². The molecule has 2 N–H and O–H groups in total. The monoisotopic (exact) mass is 500 g/mol. The van der Waals surface area contributed by atoms with E-state index < -0.39 is 10.0 Å². The Morgan fingerprint density at radius 1 is 0.871 bits per heavy atom. The van der Waals surface area contributed by atoms with Gasteiger partial charge < -0.3 is 5.32 Å². The van der Waals surface area contributed by atoms with Crippen molar-refractivity contribution in [2.45, 2.75) is 37.5 Å². The van der Waals surface area contributed by atoms with Crippen molar-refractivity contribution in [2.24, 2.45) is 0 Å². The van der Waals surface area contributed by atoms with Gasteiger partial charge in [0.1, 0.15) is 0 Å². The van der Waals surface area contributed by atoms with E-state index in [1.54, 1.807) is 36.4 Å². The fourth-order valence-corrected chi connectivity index (χ4v) is 4.32. The molecule has 162 valence electrons. The van der Waals surface area contributed by atoms with E-state index in [0.29, 0.717) is 30.1 Å². The Bertz CT molecular complexity index is 1120. The molecule has 0 unspecified atom stereocenters. The molecule has 5 nitrogen and oxygen atoms in total. The molecular weight excluding hydrogens is 476 g/mol. The second kappa shape index (κ2) is 10.1. The molecule has 0 saturated heterocycles. The zero-order chi connectivity index (χ0) is 22.4. The molecule has 1 amide bonds. The molecule has 3 aromatic rings. The molecule has 0 heterocycles. The predicted molar refractivity (Wildman–Crippen MR) is 129 cm³/mol. The van der Waals surface area contributed by atoms with E-state index in [1.807, 2.05) is 0 Å². The first-order valence-electron chi connectivity index (χ1n) is 10.00. The molecule has 7 heteroatoms. The van der Waals surface area contributed by atoms with Crippen LogP contribution in [0.3, 0.4) is 0 Å². The SMILES string of the molecule is CC(C)c1ccc(CCC(=O)Nc2ccc(S(=O)(=O)Nc3ccc(Br)cc3)cc2)cc1. The van der Waals surface area contributed by atoms with Crippen LogP contribution in [0.1, 0.15) is 37.3 Å². The molecule has 0 bridgehead atoms. The number of hydrogen-bond acceptors (Lipinski definition) is 3. The van der Waals surface area contributed by atoms with E-state index in [-0.39, 0.29) is 10.8 Å². The average molecular weight is 501 g/mol. The summed E-state index contributed by atoms with van der Waals surface area (Å²) in [4.78, 5) is 12.4. The molecule has 0 atom stereocenters. The lowest BCUT2D eigenvalue weighted by molar-refractivity contribution is -0.116. The summed E-state index contributed by atoms with van der Waals surface area (Å²) >= 11 is 3.32. The van der Waals surface area contributed by atoms with Crippen LogP contribution in [-0.2, 0) is 21.2 Å². The van der Waals surface area contributed by atoms with E-state index >= 15 is 0 Å². The molecule has 0 saturated carbocycles. The quantitative estimate of drug-likeness (QED) is 0.401. The summed E-state index contributed by atoms with van der Waals surface area (Å²) in [6, 6.07) is 21.3. The van der Waals surface area contributed by atoms with Crippen LogP contribution in [0.15, 0.2) is 82.2 Å². The summed E-state index contributed by atoms with van der Waals surface area (Å²) in [5, 5.41) is 2.82. The van der Waals surface area contributed by atoms with Gasteiger partial charge in [-0.1, -0.05) is 54.0 Å². The lowest BCUT2D eigenvalue weighted by atomic mass is 10.0. The van der Waals surface area contributed by atoms with Gasteiger partial charge in [-0.3, -0.25) is 9.52 Å². The van der Waals surface area contributed by atoms with Gasteiger partial charge >= 0.3 is 0 Å². The third-order valence-electron chi connectivity index (χ3n) is 4.83. The Kier molecular flexibility index (Phi) is 7.51. The molecule has 0 aromatic heterocycles. The summed E-state index contributed by atoms with van der Waals surface area (Å²) in [6.45, 7) is 4.30. The summed E-state index contributed by atoms with van der Waals surface area (Å²) < 4.78 is 28.5. The Morgan fingerprint density at radius 2 is 1.45 bits per heavy atom. The van der Waals surface area contributed by atoms with Gasteiger partial charge in [-0.15, -0.1) is 0 Å². The van der Waals surface area contributed by atoms with Crippen LogP contribution in [0.25, 0.3) is 0 Å². The van der Waals surface area contributed by atoms with E-state index in [1.165, 1.54) is 17.7 Å². The number of benzene rings is 3. The number of carbonyl (C=O) groups excluding carboxylic acids is 1. The lowest BCUT2D eigenvalue weighted by Crippen LogP contribution is -2.14. The largest absolute Gasteiger partial charge is 0.326 e. The molecule has 0 aliphatic heterocycles. The van der Waals surface area contributed by atoms with Crippen molar-refractivity contribution in [2.75, 3.05) is 10.0 Å². The van der Waals surface area contributed by atoms with E-state index in [4.69, 9.17) is 0 Å². The van der Waals surface area contributed by atoms with Crippen LogP contribution < -0.4 is 10.0 Å². The molecule has 31 heavy (non-hydrogen) atoms. The van der Waals surface area contributed by atoms with Gasteiger partial charge in [0.25, 0.3) is 10.0 Å². The molecule has 3 rings (SSSR count). The van der Waals surface area contributed by atoms with Crippen molar-refractivity contribution >= 4 is 43.2 Å². The van der Waals surface area contributed by atoms with E-state index in [9.17, 15) is 13.2 Å². The molecular formula is C24H25BrN2O3S. The molecule has 3 aromatic carbocycles. The maximum atomic E-state index is 12.5. The van der Waals surface area contributed by atoms with Gasteiger partial charge in [-0.2, -0.15) is 0 Å². The van der Waals surface area contributed by atoms with Crippen molar-refractivity contribution in [1.82, 2.24) is 0 Å². The Morgan fingerprint density at radius 3 is 2.03 bits per heavy atom. The first-order valence-corrected chi connectivity index (χ1v) is 12.3. The number of anilines is 2. The zero-order valence-corrected chi connectivity index (χ0v) is 19.8. The first-order chi connectivity index (χ1) is 14.7. The van der Waals surface area contributed by atoms with Crippen molar-refractivity contribution in [1.29, 1.82) is 0 Å². The minimum atomic E-state index is -3.71. The highest BCUT2D eigenvalue weighted by atomic mass is 79.9. The number of carbonyl (C=O) groups is 1. The van der Waals surface area contributed by atoms with Crippen molar-refractivity contribution in [3.63, 3.8) is 0 Å². The number of aryl methyl sites for hydroxylation is 1. The maximum absolute atomic E-state index is 12.5. The highest BCUT2D eigenvalue weighted by molar-refractivity contribution is 9.10. The van der Waals surface area contributed by atoms with Gasteiger partial charge in [0.2, 0.25) is 5.91 Å². The molecule has 0 radical (unpaired) electrons. The van der Waals surface area contributed by atoms with Crippen molar-refractivity contribution in [3.05, 3.63) is 88.4 Å². The second-order valence-corrected chi connectivity index (χ2v) is 10.2. The number of nitrogens with one attached hydrogen (secondary N) is 2. The zero-order valence-electron chi connectivity index (χ0n) is 17.4. The topological polar surface area (TPSA) is 75.3 Å². The van der Waals surface area contributed by atoms with E-state index in [0.717, 1.165) is 10.0 Å². The van der Waals surface area contributed by atoms with Crippen LogP contribution in [0.5, 0.6) is 0 Å². The van der Waals surface area contributed by atoms with Gasteiger partial charge in [0.05, 0.1) is 4.90 Å². The molecule has 0 aliphatic carbocycles.